The molecule has 1 aromatic carbocycles. The van der Waals surface area contributed by atoms with Gasteiger partial charge in [-0.1, -0.05) is 6.07 Å². The third kappa shape index (κ3) is 3.95. The Morgan fingerprint density at radius 1 is 1.40 bits per heavy atom. The highest BCUT2D eigenvalue weighted by Gasteiger charge is 2.23. The smallest absolute Gasteiger partial charge is 0.238 e. The zero-order valence-electron chi connectivity index (χ0n) is 12.3. The molecule has 2 unspecified atom stereocenters. The Kier molecular flexibility index (Phi) is 4.62. The second-order valence-electron chi connectivity index (χ2n) is 5.59. The van der Waals surface area contributed by atoms with Crippen molar-refractivity contribution in [2.75, 3.05) is 30.7 Å². The van der Waals surface area contributed by atoms with E-state index >= 15 is 0 Å². The molecule has 2 rings (SSSR count). The number of hydrogen-bond acceptors (Lipinski definition) is 4. The van der Waals surface area contributed by atoms with E-state index in [1.807, 2.05) is 39.0 Å². The minimum absolute atomic E-state index is 0.0400. The summed E-state index contributed by atoms with van der Waals surface area (Å²) in [7, 11) is 0. The molecule has 1 heterocycles. The van der Waals surface area contributed by atoms with E-state index in [-0.39, 0.29) is 18.1 Å². The number of nitrogens with one attached hydrogen (secondary N) is 1. The summed E-state index contributed by atoms with van der Waals surface area (Å²) in [5.41, 5.74) is 8.25. The highest BCUT2D eigenvalue weighted by molar-refractivity contribution is 5.95. The average molecular weight is 277 g/mol. The van der Waals surface area contributed by atoms with Gasteiger partial charge in [0.15, 0.2) is 0 Å². The molecule has 0 aliphatic carbocycles. The summed E-state index contributed by atoms with van der Waals surface area (Å²) in [6.07, 6.45) is 0.326. The summed E-state index contributed by atoms with van der Waals surface area (Å²) >= 11 is 0. The minimum Gasteiger partial charge on any atom is -0.397 e. The van der Waals surface area contributed by atoms with Gasteiger partial charge in [-0.3, -0.25) is 9.69 Å². The Balaban J connectivity index is 1.92. The van der Waals surface area contributed by atoms with Crippen molar-refractivity contribution in [3.63, 3.8) is 0 Å². The number of carbonyl (C=O) groups is 1. The normalized spacial score (nSPS) is 23.6. The van der Waals surface area contributed by atoms with Crippen molar-refractivity contribution in [3.05, 3.63) is 23.8 Å². The molecule has 0 radical (unpaired) electrons. The molecule has 0 bridgehead atoms. The lowest BCUT2D eigenvalue weighted by molar-refractivity contribution is -0.121. The number of benzene rings is 1. The van der Waals surface area contributed by atoms with Crippen LogP contribution in [-0.2, 0) is 9.53 Å². The van der Waals surface area contributed by atoms with Crippen LogP contribution < -0.4 is 11.1 Å². The number of anilines is 2. The maximum absolute atomic E-state index is 12.1. The fourth-order valence-electron chi connectivity index (χ4n) is 2.60. The van der Waals surface area contributed by atoms with Crippen LogP contribution in [0.5, 0.6) is 0 Å². The summed E-state index contributed by atoms with van der Waals surface area (Å²) in [6, 6.07) is 5.63. The van der Waals surface area contributed by atoms with Gasteiger partial charge in [0.25, 0.3) is 0 Å². The van der Waals surface area contributed by atoms with Crippen LogP contribution >= 0.6 is 0 Å². The van der Waals surface area contributed by atoms with Crippen molar-refractivity contribution >= 4 is 17.3 Å². The number of carbonyl (C=O) groups excluding carboxylic acids is 1. The summed E-state index contributed by atoms with van der Waals surface area (Å²) < 4.78 is 5.66. The minimum atomic E-state index is -0.0400. The highest BCUT2D eigenvalue weighted by Crippen LogP contribution is 2.19. The fourth-order valence-corrected chi connectivity index (χ4v) is 2.60. The maximum atomic E-state index is 12.1. The van der Waals surface area contributed by atoms with E-state index < -0.39 is 0 Å². The summed E-state index contributed by atoms with van der Waals surface area (Å²) in [6.45, 7) is 7.95. The number of nitrogen functional groups attached to an aromatic ring is 1. The van der Waals surface area contributed by atoms with E-state index in [2.05, 4.69) is 10.2 Å². The van der Waals surface area contributed by atoms with Crippen LogP contribution in [-0.4, -0.2) is 42.6 Å². The van der Waals surface area contributed by atoms with E-state index in [0.29, 0.717) is 17.9 Å². The predicted molar refractivity (Wildman–Crippen MR) is 80.7 cm³/mol. The molecule has 2 atom stereocenters. The zero-order chi connectivity index (χ0) is 14.7. The van der Waals surface area contributed by atoms with Crippen LogP contribution in [0.25, 0.3) is 0 Å². The van der Waals surface area contributed by atoms with Gasteiger partial charge < -0.3 is 15.8 Å². The lowest BCUT2D eigenvalue weighted by Crippen LogP contribution is -2.48. The van der Waals surface area contributed by atoms with E-state index in [0.717, 1.165) is 18.7 Å². The van der Waals surface area contributed by atoms with E-state index in [9.17, 15) is 4.79 Å². The van der Waals surface area contributed by atoms with Crippen molar-refractivity contribution in [1.29, 1.82) is 0 Å². The van der Waals surface area contributed by atoms with Gasteiger partial charge in [-0.2, -0.15) is 0 Å². The monoisotopic (exact) mass is 277 g/mol. The van der Waals surface area contributed by atoms with Crippen LogP contribution in [0.1, 0.15) is 19.4 Å². The van der Waals surface area contributed by atoms with Crippen molar-refractivity contribution in [2.24, 2.45) is 0 Å². The highest BCUT2D eigenvalue weighted by atomic mass is 16.5. The lowest BCUT2D eigenvalue weighted by atomic mass is 10.2. The van der Waals surface area contributed by atoms with Crippen molar-refractivity contribution in [3.8, 4) is 0 Å². The first-order valence-corrected chi connectivity index (χ1v) is 6.98. The second kappa shape index (κ2) is 6.24. The van der Waals surface area contributed by atoms with E-state index in [1.165, 1.54) is 0 Å². The molecule has 0 aromatic heterocycles. The summed E-state index contributed by atoms with van der Waals surface area (Å²) in [4.78, 5) is 14.2. The average Bonchev–Trinajstić information content (AvgIpc) is 2.31. The van der Waals surface area contributed by atoms with E-state index in [4.69, 9.17) is 10.5 Å². The third-order valence-electron chi connectivity index (χ3n) is 3.34. The Labute approximate surface area is 120 Å². The van der Waals surface area contributed by atoms with Gasteiger partial charge >= 0.3 is 0 Å². The van der Waals surface area contributed by atoms with Gasteiger partial charge in [-0.15, -0.1) is 0 Å². The molecule has 1 aliphatic rings. The Hall–Kier alpha value is -1.59. The van der Waals surface area contributed by atoms with Gasteiger partial charge in [-0.05, 0) is 38.5 Å². The SMILES string of the molecule is Cc1ccc(NC(=O)CN2CC(C)OC(C)C2)c(N)c1. The molecular weight excluding hydrogens is 254 g/mol. The van der Waals surface area contributed by atoms with Gasteiger partial charge in [0.2, 0.25) is 5.91 Å². The van der Waals surface area contributed by atoms with Crippen LogP contribution in [0, 0.1) is 6.92 Å². The third-order valence-corrected chi connectivity index (χ3v) is 3.34. The molecule has 0 spiro atoms. The first kappa shape index (κ1) is 14.8. The predicted octanol–water partition coefficient (Wildman–Crippen LogP) is 1.62. The fraction of sp³-hybridized carbons (Fsp3) is 0.533. The van der Waals surface area contributed by atoms with Gasteiger partial charge in [-0.25, -0.2) is 0 Å². The standard InChI is InChI=1S/C15H23N3O2/c1-10-4-5-14(13(16)6-10)17-15(19)9-18-7-11(2)20-12(3)8-18/h4-6,11-12H,7-9,16H2,1-3H3,(H,17,19). The number of nitrogens with two attached hydrogens (primary N) is 1. The second-order valence-corrected chi connectivity index (χ2v) is 5.59. The maximum Gasteiger partial charge on any atom is 0.238 e. The molecule has 0 saturated carbocycles. The molecule has 1 fully saturated rings. The lowest BCUT2D eigenvalue weighted by Gasteiger charge is -2.34. The van der Waals surface area contributed by atoms with Crippen molar-refractivity contribution in [1.82, 2.24) is 4.90 Å². The van der Waals surface area contributed by atoms with Crippen molar-refractivity contribution < 1.29 is 9.53 Å². The Morgan fingerprint density at radius 2 is 2.05 bits per heavy atom. The molecule has 1 amide bonds. The Morgan fingerprint density at radius 3 is 2.65 bits per heavy atom. The van der Waals surface area contributed by atoms with Gasteiger partial charge in [0, 0.05) is 13.1 Å². The molecule has 110 valence electrons. The zero-order valence-corrected chi connectivity index (χ0v) is 12.3. The van der Waals surface area contributed by atoms with Crippen LogP contribution in [0.4, 0.5) is 11.4 Å². The molecule has 5 nitrogen and oxygen atoms in total. The topological polar surface area (TPSA) is 67.6 Å². The van der Waals surface area contributed by atoms with Gasteiger partial charge in [0.05, 0.1) is 30.1 Å². The van der Waals surface area contributed by atoms with Crippen molar-refractivity contribution in [2.45, 2.75) is 33.0 Å². The number of amides is 1. The van der Waals surface area contributed by atoms with E-state index in [1.54, 1.807) is 0 Å². The number of morpholine rings is 1. The molecule has 5 heteroatoms. The Bertz CT molecular complexity index is 480. The molecule has 1 aromatic rings. The van der Waals surface area contributed by atoms with Crippen LogP contribution in [0.15, 0.2) is 18.2 Å². The molecular formula is C15H23N3O2. The summed E-state index contributed by atoms with van der Waals surface area (Å²) in [5, 5.41) is 2.87. The number of hydrogen-bond donors (Lipinski definition) is 2. The molecule has 3 N–H and O–H groups in total. The number of nitrogens with zero attached hydrogens (tertiary/aromatic N) is 1. The number of rotatable bonds is 3. The quantitative estimate of drug-likeness (QED) is 0.824. The largest absolute Gasteiger partial charge is 0.397 e. The number of ether oxygens (including phenoxy) is 1. The first-order chi connectivity index (χ1) is 9.44. The molecule has 1 aliphatic heterocycles. The van der Waals surface area contributed by atoms with Crippen LogP contribution in [0.2, 0.25) is 0 Å². The van der Waals surface area contributed by atoms with Crippen LogP contribution in [0.3, 0.4) is 0 Å². The number of aryl methyl sites for hydroxylation is 1. The first-order valence-electron chi connectivity index (χ1n) is 6.98. The molecule has 20 heavy (non-hydrogen) atoms. The van der Waals surface area contributed by atoms with Gasteiger partial charge in [0.1, 0.15) is 0 Å². The summed E-state index contributed by atoms with van der Waals surface area (Å²) in [5.74, 6) is -0.0400. The molecule has 1 saturated heterocycles.